The van der Waals surface area contributed by atoms with Crippen molar-refractivity contribution in [1.29, 1.82) is 0 Å². The SMILES string of the molecule is CCc1nccc(NS(=O)(=O)c2ccc(N)cc2)n1. The molecular formula is C12H14N4O2S. The smallest absolute Gasteiger partial charge is 0.263 e. The third kappa shape index (κ3) is 3.19. The van der Waals surface area contributed by atoms with Crippen LogP contribution >= 0.6 is 0 Å². The molecule has 6 nitrogen and oxygen atoms in total. The molecule has 2 aromatic rings. The number of nitrogens with two attached hydrogens (primary N) is 1. The van der Waals surface area contributed by atoms with Crippen molar-refractivity contribution in [2.45, 2.75) is 18.2 Å². The number of sulfonamides is 1. The molecule has 0 radical (unpaired) electrons. The van der Waals surface area contributed by atoms with Gasteiger partial charge >= 0.3 is 0 Å². The fourth-order valence-corrected chi connectivity index (χ4v) is 2.47. The number of anilines is 2. The fraction of sp³-hybridized carbons (Fsp3) is 0.167. The van der Waals surface area contributed by atoms with Crippen LogP contribution in [0.5, 0.6) is 0 Å². The van der Waals surface area contributed by atoms with E-state index in [2.05, 4.69) is 14.7 Å². The summed E-state index contributed by atoms with van der Waals surface area (Å²) in [5.41, 5.74) is 6.03. The molecule has 0 atom stereocenters. The summed E-state index contributed by atoms with van der Waals surface area (Å²) in [6, 6.07) is 7.46. The zero-order valence-electron chi connectivity index (χ0n) is 10.4. The van der Waals surface area contributed by atoms with Crippen molar-refractivity contribution in [3.8, 4) is 0 Å². The van der Waals surface area contributed by atoms with Crippen LogP contribution in [-0.4, -0.2) is 18.4 Å². The Bertz CT molecular complexity index is 668. The first-order valence-corrected chi connectivity index (χ1v) is 7.20. The minimum Gasteiger partial charge on any atom is -0.399 e. The van der Waals surface area contributed by atoms with Crippen molar-refractivity contribution < 1.29 is 8.42 Å². The molecule has 0 unspecified atom stereocenters. The molecule has 0 fully saturated rings. The van der Waals surface area contributed by atoms with Crippen LogP contribution in [0.15, 0.2) is 41.4 Å². The Morgan fingerprint density at radius 1 is 1.21 bits per heavy atom. The summed E-state index contributed by atoms with van der Waals surface area (Å²) in [7, 11) is -3.65. The number of nitrogen functional groups attached to an aromatic ring is 1. The minimum atomic E-state index is -3.65. The van der Waals surface area contributed by atoms with E-state index in [-0.39, 0.29) is 10.7 Å². The number of benzene rings is 1. The van der Waals surface area contributed by atoms with Gasteiger partial charge < -0.3 is 5.73 Å². The van der Waals surface area contributed by atoms with Gasteiger partial charge in [0.2, 0.25) is 0 Å². The zero-order chi connectivity index (χ0) is 13.9. The fourth-order valence-electron chi connectivity index (χ4n) is 1.47. The second-order valence-corrected chi connectivity index (χ2v) is 5.57. The molecule has 3 N–H and O–H groups in total. The minimum absolute atomic E-state index is 0.137. The van der Waals surface area contributed by atoms with E-state index in [1.54, 1.807) is 0 Å². The van der Waals surface area contributed by atoms with Gasteiger partial charge in [-0.15, -0.1) is 0 Å². The highest BCUT2D eigenvalue weighted by atomic mass is 32.2. The van der Waals surface area contributed by atoms with Crippen molar-refractivity contribution in [3.63, 3.8) is 0 Å². The molecule has 1 aromatic carbocycles. The van der Waals surface area contributed by atoms with Gasteiger partial charge in [0.15, 0.2) is 0 Å². The van der Waals surface area contributed by atoms with Crippen molar-refractivity contribution in [3.05, 3.63) is 42.4 Å². The first-order valence-electron chi connectivity index (χ1n) is 5.71. The maximum Gasteiger partial charge on any atom is 0.263 e. The maximum absolute atomic E-state index is 12.1. The average molecular weight is 278 g/mol. The number of hydrogen-bond donors (Lipinski definition) is 2. The second-order valence-electron chi connectivity index (χ2n) is 3.89. The molecule has 0 aliphatic carbocycles. The van der Waals surface area contributed by atoms with Gasteiger partial charge in [0.25, 0.3) is 10.0 Å². The molecule has 0 spiro atoms. The van der Waals surface area contributed by atoms with Gasteiger partial charge in [-0.25, -0.2) is 18.4 Å². The Labute approximate surface area is 111 Å². The van der Waals surface area contributed by atoms with Crippen molar-refractivity contribution >= 4 is 21.5 Å². The predicted octanol–water partition coefficient (Wildman–Crippen LogP) is 1.42. The van der Waals surface area contributed by atoms with E-state index in [9.17, 15) is 8.42 Å². The summed E-state index contributed by atoms with van der Waals surface area (Å²) >= 11 is 0. The lowest BCUT2D eigenvalue weighted by atomic mass is 10.3. The summed E-state index contributed by atoms with van der Waals surface area (Å²) in [6.07, 6.45) is 2.16. The summed E-state index contributed by atoms with van der Waals surface area (Å²) < 4.78 is 26.6. The molecule has 0 bridgehead atoms. The number of nitrogens with zero attached hydrogens (tertiary/aromatic N) is 2. The van der Waals surface area contributed by atoms with Gasteiger partial charge in [0.1, 0.15) is 11.6 Å². The number of rotatable bonds is 4. The first-order chi connectivity index (χ1) is 9.01. The van der Waals surface area contributed by atoms with Crippen LogP contribution in [0.4, 0.5) is 11.5 Å². The highest BCUT2D eigenvalue weighted by molar-refractivity contribution is 7.92. The van der Waals surface area contributed by atoms with E-state index in [1.165, 1.54) is 36.5 Å². The molecule has 0 saturated heterocycles. The van der Waals surface area contributed by atoms with Gasteiger partial charge in [-0.3, -0.25) is 4.72 Å². The molecule has 100 valence electrons. The van der Waals surface area contributed by atoms with Crippen LogP contribution in [0.1, 0.15) is 12.7 Å². The monoisotopic (exact) mass is 278 g/mol. The number of aryl methyl sites for hydroxylation is 1. The Balaban J connectivity index is 2.28. The molecular weight excluding hydrogens is 264 g/mol. The van der Waals surface area contributed by atoms with Crippen LogP contribution in [-0.2, 0) is 16.4 Å². The predicted molar refractivity (Wildman–Crippen MR) is 73.1 cm³/mol. The average Bonchev–Trinajstić information content (AvgIpc) is 2.39. The Morgan fingerprint density at radius 2 is 1.89 bits per heavy atom. The molecule has 0 amide bonds. The summed E-state index contributed by atoms with van der Waals surface area (Å²) in [5, 5.41) is 0. The summed E-state index contributed by atoms with van der Waals surface area (Å²) in [4.78, 5) is 8.24. The van der Waals surface area contributed by atoms with E-state index in [0.29, 0.717) is 17.9 Å². The molecule has 19 heavy (non-hydrogen) atoms. The van der Waals surface area contributed by atoms with E-state index in [0.717, 1.165) is 0 Å². The molecule has 1 aromatic heterocycles. The summed E-state index contributed by atoms with van der Waals surface area (Å²) in [5.74, 6) is 0.834. The van der Waals surface area contributed by atoms with Gasteiger partial charge in [0.05, 0.1) is 4.90 Å². The quantitative estimate of drug-likeness (QED) is 0.824. The normalized spacial score (nSPS) is 11.2. The van der Waals surface area contributed by atoms with Gasteiger partial charge in [0, 0.05) is 18.3 Å². The van der Waals surface area contributed by atoms with E-state index < -0.39 is 10.0 Å². The van der Waals surface area contributed by atoms with Crippen LogP contribution in [0.2, 0.25) is 0 Å². The van der Waals surface area contributed by atoms with Crippen LogP contribution < -0.4 is 10.5 Å². The molecule has 0 aliphatic rings. The third-order valence-corrected chi connectivity index (χ3v) is 3.82. The largest absolute Gasteiger partial charge is 0.399 e. The highest BCUT2D eigenvalue weighted by Gasteiger charge is 2.14. The number of nitrogens with one attached hydrogen (secondary N) is 1. The topological polar surface area (TPSA) is 98.0 Å². The van der Waals surface area contributed by atoms with Crippen LogP contribution in [0.25, 0.3) is 0 Å². The summed E-state index contributed by atoms with van der Waals surface area (Å²) in [6.45, 7) is 1.90. The van der Waals surface area contributed by atoms with Crippen LogP contribution in [0.3, 0.4) is 0 Å². The lowest BCUT2D eigenvalue weighted by Crippen LogP contribution is -2.14. The van der Waals surface area contributed by atoms with Crippen LogP contribution in [0, 0.1) is 0 Å². The van der Waals surface area contributed by atoms with Crippen molar-refractivity contribution in [2.24, 2.45) is 0 Å². The molecule has 0 saturated carbocycles. The lowest BCUT2D eigenvalue weighted by Gasteiger charge is -2.08. The Morgan fingerprint density at radius 3 is 2.53 bits per heavy atom. The highest BCUT2D eigenvalue weighted by Crippen LogP contribution is 2.15. The van der Waals surface area contributed by atoms with Gasteiger partial charge in [-0.2, -0.15) is 0 Å². The van der Waals surface area contributed by atoms with Crippen molar-refractivity contribution in [1.82, 2.24) is 9.97 Å². The first kappa shape index (κ1) is 13.3. The van der Waals surface area contributed by atoms with E-state index in [1.807, 2.05) is 6.92 Å². The molecule has 7 heteroatoms. The molecule has 2 rings (SSSR count). The van der Waals surface area contributed by atoms with E-state index >= 15 is 0 Å². The molecule has 0 aliphatic heterocycles. The molecule has 1 heterocycles. The van der Waals surface area contributed by atoms with Gasteiger partial charge in [-0.1, -0.05) is 6.92 Å². The number of hydrogen-bond acceptors (Lipinski definition) is 5. The maximum atomic E-state index is 12.1. The standard InChI is InChI=1S/C12H14N4O2S/c1-2-11-14-8-7-12(15-11)16-19(17,18)10-5-3-9(13)4-6-10/h3-8H,2,13H2,1H3,(H,14,15,16). The van der Waals surface area contributed by atoms with Gasteiger partial charge in [-0.05, 0) is 30.3 Å². The Hall–Kier alpha value is -2.15. The third-order valence-electron chi connectivity index (χ3n) is 2.45. The Kier molecular flexibility index (Phi) is 3.66. The lowest BCUT2D eigenvalue weighted by molar-refractivity contribution is 0.601. The van der Waals surface area contributed by atoms with E-state index in [4.69, 9.17) is 5.73 Å². The zero-order valence-corrected chi connectivity index (χ0v) is 11.2. The number of aromatic nitrogens is 2. The van der Waals surface area contributed by atoms with Crippen molar-refractivity contribution in [2.75, 3.05) is 10.5 Å². The second kappa shape index (κ2) is 5.23.